The van der Waals surface area contributed by atoms with Crippen LogP contribution in [0, 0.1) is 13.8 Å². The Hall–Kier alpha value is -3.69. The van der Waals surface area contributed by atoms with Gasteiger partial charge in [0.1, 0.15) is 32.7 Å². The van der Waals surface area contributed by atoms with E-state index in [9.17, 15) is 46.1 Å². The minimum atomic E-state index is -5.00. The first-order valence-electron chi connectivity index (χ1n) is 17.0. The summed E-state index contributed by atoms with van der Waals surface area (Å²) in [6.45, 7) is 2.55. The second-order valence-corrected chi connectivity index (χ2v) is 15.4. The van der Waals surface area contributed by atoms with Crippen LogP contribution in [0.4, 0.5) is 57.9 Å². The Morgan fingerprint density at radius 2 is 1.43 bits per heavy atom. The van der Waals surface area contributed by atoms with Crippen molar-refractivity contribution in [3.63, 3.8) is 0 Å². The number of nitrogens with one attached hydrogen (secondary N) is 4. The number of phenolic OH excluding ortho intramolecular Hbond substituents is 1. The van der Waals surface area contributed by atoms with Crippen LogP contribution in [0.1, 0.15) is 11.4 Å². The van der Waals surface area contributed by atoms with Crippen molar-refractivity contribution >= 4 is 101 Å². The normalized spacial score (nSPS) is 11.1. The summed E-state index contributed by atoms with van der Waals surface area (Å²) in [7, 11) is -9.76. The number of aliphatic hydroxyl groups excluding tert-OH is 2. The molecule has 2 aromatic carbocycles. The minimum absolute atomic E-state index is 0. The number of rotatable bonds is 16. The van der Waals surface area contributed by atoms with E-state index in [-0.39, 0.29) is 189 Å². The first-order valence-corrected chi connectivity index (χ1v) is 20.6. The number of aliphatic hydroxyl groups is 2. The van der Waals surface area contributed by atoms with E-state index < -0.39 is 75.7 Å². The molecule has 0 amide bonds. The topological polar surface area (TPSA) is 473 Å². The van der Waals surface area contributed by atoms with E-state index in [1.807, 2.05) is 0 Å². The van der Waals surface area contributed by atoms with E-state index in [4.69, 9.17) is 33.4 Å². The van der Waals surface area contributed by atoms with Crippen LogP contribution in [0.15, 0.2) is 59.3 Å². The van der Waals surface area contributed by atoms with Gasteiger partial charge in [0.15, 0.2) is 5.75 Å². The zero-order valence-electron chi connectivity index (χ0n) is 35.4. The van der Waals surface area contributed by atoms with Crippen molar-refractivity contribution in [3.8, 4) is 17.4 Å². The van der Waals surface area contributed by atoms with E-state index in [1.54, 1.807) is 0 Å². The van der Waals surface area contributed by atoms with Gasteiger partial charge in [0, 0.05) is 54.5 Å². The van der Waals surface area contributed by atoms with Crippen LogP contribution in [0.5, 0.6) is 17.4 Å². The summed E-state index contributed by atoms with van der Waals surface area (Å²) >= 11 is 11.6. The molecule has 0 radical (unpaired) electrons. The number of benzene rings is 2. The van der Waals surface area contributed by atoms with E-state index in [1.165, 1.54) is 13.8 Å². The van der Waals surface area contributed by atoms with Gasteiger partial charge in [-0.2, -0.15) is 33.6 Å². The number of aryl methyl sites for hydroxylation is 2. The number of hydrogen-bond acceptors (Lipinski definition) is 24. The van der Waals surface area contributed by atoms with E-state index >= 15 is 0 Å². The second-order valence-electron chi connectivity index (χ2n) is 11.9. The predicted octanol–water partition coefficient (Wildman–Crippen LogP) is -6.64. The molecule has 0 fully saturated rings. The molecule has 0 saturated carbocycles. The van der Waals surface area contributed by atoms with Gasteiger partial charge >= 0.3 is 105 Å². The number of aromatic nitrogens is 10. The Morgan fingerprint density at radius 1 is 0.809 bits per heavy atom. The maximum absolute atomic E-state index is 12.8. The smallest absolute Gasteiger partial charge is 0.870 e. The molecule has 0 saturated heterocycles. The van der Waals surface area contributed by atoms with Crippen LogP contribution < -0.4 is 120 Å². The first kappa shape index (κ1) is 62.3. The van der Waals surface area contributed by atoms with Crippen molar-refractivity contribution in [1.82, 2.24) is 50.3 Å². The van der Waals surface area contributed by atoms with Crippen LogP contribution in [0.2, 0.25) is 10.6 Å². The first-order chi connectivity index (χ1) is 30.2. The van der Waals surface area contributed by atoms with Crippen LogP contribution in [0.3, 0.4) is 0 Å². The molecular weight excluding hydrogens is 1070 g/mol. The molecule has 0 unspecified atom stereocenters. The fraction of sp³-hybridized carbons (Fsp3) is 0.200. The van der Waals surface area contributed by atoms with Crippen molar-refractivity contribution in [3.05, 3.63) is 67.2 Å². The minimum Gasteiger partial charge on any atom is -0.870 e. The zero-order valence-corrected chi connectivity index (χ0v) is 45.5. The van der Waals surface area contributed by atoms with Crippen LogP contribution in [-0.2, 0) is 37.0 Å². The number of nitrogens with zero attached hydrogens (tertiary/aromatic N) is 14. The van der Waals surface area contributed by atoms with E-state index in [0.29, 0.717) is 0 Å². The van der Waals surface area contributed by atoms with Gasteiger partial charge < -0.3 is 81.3 Å². The third-order valence-electron chi connectivity index (χ3n) is 7.36. The Bertz CT molecular complexity index is 3030. The molecule has 8 N–H and O–H groups in total. The van der Waals surface area contributed by atoms with Crippen molar-refractivity contribution in [1.29, 1.82) is 0 Å². The summed E-state index contributed by atoms with van der Waals surface area (Å²) in [5.74, 6) is -3.11. The molecule has 68 heavy (non-hydrogen) atoms. The fourth-order valence-corrected chi connectivity index (χ4v) is 5.87. The Morgan fingerprint density at radius 3 is 2.01 bits per heavy atom. The molecule has 6 rings (SSSR count). The summed E-state index contributed by atoms with van der Waals surface area (Å²) in [5.41, 5.74) is -2.39. The maximum atomic E-state index is 12.8. The quantitative estimate of drug-likeness (QED) is 0.0254. The molecule has 0 spiro atoms. The Labute approximate surface area is 469 Å². The number of hydrogen-bond donors (Lipinski definition) is 8. The predicted molar refractivity (Wildman–Crippen MR) is 214 cm³/mol. The number of aromatic amines is 2. The number of phenols is 1. The van der Waals surface area contributed by atoms with Crippen LogP contribution >= 0.6 is 23.2 Å². The second kappa shape index (κ2) is 27.6. The number of aromatic hydroxyl groups is 1. The number of halogens is 2. The number of azo groups is 2. The molecule has 0 aliphatic carbocycles. The van der Waals surface area contributed by atoms with Gasteiger partial charge in [0.25, 0.3) is 10.1 Å². The standard InChI is InChI=1S/C15H16ClN9O6S.C15H14ClN9O6S.Co.3Na/c2*1-6-10(12(28)25-22-6)24-23-9-5-7(32(29,30)31)4-8(11(9)27)18-15-20-13(16)19-14(21-15)17-2-3-26;;;;/h4-5,26-27H,2-3H2,1H3,(H2,22,25,28)(H,29,30,31)(H2,17,18,19,20,21);4-5,26H,2-3H2,1H3,(H4-2,17,18,19,20,21,22,23,24,25,27,28,29,30,31);;;;/q;-2;+3;3*+1/p-4. The molecule has 346 valence electrons. The largest absolute Gasteiger partial charge is 3.00 e. The Kier molecular flexibility index (Phi) is 25.3. The average Bonchev–Trinajstić information content (AvgIpc) is 3.72. The fourth-order valence-electron chi connectivity index (χ4n) is 4.51. The third-order valence-corrected chi connectivity index (χ3v) is 9.34. The Balaban J connectivity index is 0.000000642. The van der Waals surface area contributed by atoms with Crippen LogP contribution in [-0.4, -0.2) is 113 Å². The zero-order chi connectivity index (χ0) is 46.9. The molecule has 4 heterocycles. The van der Waals surface area contributed by atoms with Crippen molar-refractivity contribution in [2.75, 3.05) is 36.9 Å². The van der Waals surface area contributed by atoms with E-state index in [2.05, 4.69) is 92.0 Å². The molecule has 0 aliphatic heterocycles. The van der Waals surface area contributed by atoms with Gasteiger partial charge in [-0.25, -0.2) is 8.42 Å². The molecule has 38 heteroatoms. The molecular formula is C30H26Cl2CoN18Na3O12S2. The molecule has 0 atom stereocenters. The average molecular weight is 1090 g/mol. The maximum Gasteiger partial charge on any atom is 3.00 e. The number of H-pyrrole nitrogens is 2. The van der Waals surface area contributed by atoms with Crippen molar-refractivity contribution in [2.24, 2.45) is 20.5 Å². The summed E-state index contributed by atoms with van der Waals surface area (Å²) in [5, 5.41) is 91.0. The molecule has 4 aromatic heterocycles. The summed E-state index contributed by atoms with van der Waals surface area (Å²) in [4.78, 5) is 32.9. The third kappa shape index (κ3) is 17.3. The number of anilines is 3. The molecule has 0 aliphatic rings. The van der Waals surface area contributed by atoms with Crippen LogP contribution in [0.25, 0.3) is 10.6 Å². The molecule has 30 nitrogen and oxygen atoms in total. The van der Waals surface area contributed by atoms with Gasteiger partial charge in [-0.3, -0.25) is 9.65 Å². The molecule has 0 bridgehead atoms. The summed E-state index contributed by atoms with van der Waals surface area (Å²) in [6, 6.07) is 3.13. The summed E-state index contributed by atoms with van der Waals surface area (Å²) in [6.07, 6.45) is 0. The monoisotopic (exact) mass is 1090 g/mol. The van der Waals surface area contributed by atoms with Gasteiger partial charge in [-0.05, 0) is 49.7 Å². The van der Waals surface area contributed by atoms with E-state index in [0.717, 1.165) is 24.3 Å². The summed E-state index contributed by atoms with van der Waals surface area (Å²) < 4.78 is 67.4. The molecule has 6 aromatic rings. The van der Waals surface area contributed by atoms with Gasteiger partial charge in [0.05, 0.1) is 33.1 Å². The SMILES string of the molecule is Cc1[nH][n-]c(=O)c1N=Nc1cc(S(=O)(=O)[O-])cc([N-]c2nc(Cl)nc([N-]CCO)n2)c1O.Cc1[nH]nc([O-])c1N=Nc1cc(S(=O)(=O)O)cc(Nc2nc(Cl)nc(NCCO)n2)c1[O-].[Co+3].[Na+].[Na+].[Na+]. The van der Waals surface area contributed by atoms with Crippen molar-refractivity contribution < 1.29 is 157 Å². The van der Waals surface area contributed by atoms with Gasteiger partial charge in [-0.1, -0.05) is 17.4 Å². The van der Waals surface area contributed by atoms with Gasteiger partial charge in [0.2, 0.25) is 17.2 Å². The van der Waals surface area contributed by atoms with Crippen molar-refractivity contribution in [2.45, 2.75) is 23.6 Å². The van der Waals surface area contributed by atoms with Gasteiger partial charge in [-0.15, -0.1) is 15.3 Å².